The maximum absolute atomic E-state index is 12.9. The number of nitrogens with zero attached hydrogens (tertiary/aromatic N) is 4. The van der Waals surface area contributed by atoms with E-state index in [1.807, 2.05) is 18.2 Å². The Labute approximate surface area is 198 Å². The number of hydrogen-bond donors (Lipinski definition) is 3. The number of anilines is 1. The molecule has 4 N–H and O–H groups in total. The summed E-state index contributed by atoms with van der Waals surface area (Å²) in [7, 11) is 0. The van der Waals surface area contributed by atoms with Gasteiger partial charge in [0, 0.05) is 42.4 Å². The third-order valence-electron chi connectivity index (χ3n) is 6.23. The van der Waals surface area contributed by atoms with Crippen LogP contribution >= 0.6 is 11.3 Å². The summed E-state index contributed by atoms with van der Waals surface area (Å²) < 4.78 is 1.72. The normalized spacial score (nSPS) is 21.6. The van der Waals surface area contributed by atoms with E-state index in [4.69, 9.17) is 10.7 Å². The first-order valence-corrected chi connectivity index (χ1v) is 12.1. The fraction of sp³-hybridized carbons (Fsp3) is 0.348. The monoisotopic (exact) mass is 477 g/mol. The Bertz CT molecular complexity index is 1370. The molecule has 1 aliphatic carbocycles. The molecular weight excluding hydrogens is 454 g/mol. The molecule has 0 bridgehead atoms. The van der Waals surface area contributed by atoms with E-state index in [0.29, 0.717) is 46.5 Å². The van der Waals surface area contributed by atoms with Gasteiger partial charge in [-0.2, -0.15) is 9.61 Å². The first-order valence-electron chi connectivity index (χ1n) is 11.3. The first-order chi connectivity index (χ1) is 16.4. The number of imide groups is 1. The quantitative estimate of drug-likeness (QED) is 0.376. The third kappa shape index (κ3) is 3.86. The predicted molar refractivity (Wildman–Crippen MR) is 127 cm³/mol. The molecule has 11 heteroatoms. The molecule has 2 saturated heterocycles. The summed E-state index contributed by atoms with van der Waals surface area (Å²) in [6.45, 7) is 1.26. The van der Waals surface area contributed by atoms with E-state index in [1.165, 1.54) is 11.3 Å². The van der Waals surface area contributed by atoms with Crippen LogP contribution in [0.25, 0.3) is 22.3 Å². The van der Waals surface area contributed by atoms with Crippen LogP contribution in [0.1, 0.15) is 40.9 Å². The number of carbonyl (C=O) groups excluding carboxylic acids is 3. The van der Waals surface area contributed by atoms with Gasteiger partial charge < -0.3 is 16.0 Å². The molecule has 10 nitrogen and oxygen atoms in total. The molecule has 3 amide bonds. The highest BCUT2D eigenvalue weighted by molar-refractivity contribution is 7.17. The van der Waals surface area contributed by atoms with Crippen LogP contribution in [0.5, 0.6) is 0 Å². The highest BCUT2D eigenvalue weighted by Crippen LogP contribution is 2.33. The number of fused-ring (bicyclic) bond motifs is 1. The molecule has 1 saturated carbocycles. The minimum absolute atomic E-state index is 0.00621. The van der Waals surface area contributed by atoms with Crippen LogP contribution in [0.4, 0.5) is 5.82 Å². The van der Waals surface area contributed by atoms with Crippen LogP contribution in [0.3, 0.4) is 0 Å². The number of nitrogens with one attached hydrogen (secondary N) is 2. The molecule has 174 valence electrons. The van der Waals surface area contributed by atoms with Crippen molar-refractivity contribution in [3.63, 3.8) is 0 Å². The van der Waals surface area contributed by atoms with Gasteiger partial charge in [0.25, 0.3) is 11.8 Å². The van der Waals surface area contributed by atoms with E-state index < -0.39 is 0 Å². The minimum Gasteiger partial charge on any atom is -0.367 e. The highest BCUT2D eigenvalue weighted by Gasteiger charge is 2.28. The van der Waals surface area contributed by atoms with Crippen molar-refractivity contribution in [2.75, 3.05) is 18.4 Å². The zero-order valence-corrected chi connectivity index (χ0v) is 19.1. The Balaban J connectivity index is 1.38. The van der Waals surface area contributed by atoms with Crippen molar-refractivity contribution >= 4 is 46.6 Å². The summed E-state index contributed by atoms with van der Waals surface area (Å²) in [5, 5.41) is 10.3. The van der Waals surface area contributed by atoms with Gasteiger partial charge in [-0.15, -0.1) is 11.3 Å². The Morgan fingerprint density at radius 3 is 2.82 bits per heavy atom. The van der Waals surface area contributed by atoms with Crippen LogP contribution in [0, 0.1) is 0 Å². The molecule has 0 radical (unpaired) electrons. The van der Waals surface area contributed by atoms with Crippen molar-refractivity contribution in [2.24, 2.45) is 5.73 Å². The molecule has 2 aliphatic heterocycles. The lowest BCUT2D eigenvalue weighted by Gasteiger charge is -2.14. The zero-order valence-electron chi connectivity index (χ0n) is 18.3. The summed E-state index contributed by atoms with van der Waals surface area (Å²) >= 11 is 1.40. The van der Waals surface area contributed by atoms with Crippen molar-refractivity contribution in [3.8, 4) is 10.6 Å². The average Bonchev–Trinajstić information content (AvgIpc) is 3.18. The number of rotatable bonds is 5. The van der Waals surface area contributed by atoms with Gasteiger partial charge in [0.05, 0.1) is 28.1 Å². The Kier molecular flexibility index (Phi) is 4.96. The van der Waals surface area contributed by atoms with Gasteiger partial charge >= 0.3 is 0 Å². The molecule has 34 heavy (non-hydrogen) atoms. The van der Waals surface area contributed by atoms with E-state index in [1.54, 1.807) is 21.7 Å². The molecule has 0 spiro atoms. The van der Waals surface area contributed by atoms with E-state index in [9.17, 15) is 14.4 Å². The minimum atomic E-state index is -0.389. The van der Waals surface area contributed by atoms with Crippen molar-refractivity contribution in [3.05, 3.63) is 40.4 Å². The topological polar surface area (TPSA) is 135 Å². The summed E-state index contributed by atoms with van der Waals surface area (Å²) in [4.78, 5) is 44.7. The lowest BCUT2D eigenvalue weighted by atomic mass is 10.1. The standard InChI is InChI=1S/C23H23N7O3S/c24-14-5-6-29(11-14)23(33)18-4-3-17(34-18)16-9-19(26-15-1-2-15)30-21(27-16)13(10-25-30)7-12-8-20(31)28-22(12)32/h3-4,7,9-10,14-15,26H,1-2,5-6,8,11,24H2,(H,28,31,32)/b12-7+/t14-/m0/s1. The lowest BCUT2D eigenvalue weighted by molar-refractivity contribution is -0.124. The van der Waals surface area contributed by atoms with Gasteiger partial charge in [-0.25, -0.2) is 4.98 Å². The number of likely N-dealkylation sites (tertiary alicyclic amines) is 1. The van der Waals surface area contributed by atoms with Crippen molar-refractivity contribution < 1.29 is 14.4 Å². The number of nitrogens with two attached hydrogens (primary N) is 1. The molecule has 0 unspecified atom stereocenters. The molecule has 3 aromatic rings. The van der Waals surface area contributed by atoms with E-state index in [2.05, 4.69) is 15.7 Å². The van der Waals surface area contributed by atoms with E-state index >= 15 is 0 Å². The molecule has 3 fully saturated rings. The predicted octanol–water partition coefficient (Wildman–Crippen LogP) is 1.64. The number of thiophene rings is 1. The second-order valence-corrected chi connectivity index (χ2v) is 10.1. The molecule has 1 atom stereocenters. The number of amides is 3. The summed E-state index contributed by atoms with van der Waals surface area (Å²) in [6, 6.07) is 6.11. The van der Waals surface area contributed by atoms with Gasteiger partial charge in [-0.05, 0) is 37.5 Å². The maximum atomic E-state index is 12.9. The fourth-order valence-electron chi connectivity index (χ4n) is 4.27. The van der Waals surface area contributed by atoms with Crippen molar-refractivity contribution in [2.45, 2.75) is 37.8 Å². The van der Waals surface area contributed by atoms with Crippen LogP contribution in [-0.4, -0.2) is 62.4 Å². The molecule has 3 aromatic heterocycles. The van der Waals surface area contributed by atoms with Crippen molar-refractivity contribution in [1.82, 2.24) is 24.8 Å². The lowest BCUT2D eigenvalue weighted by Crippen LogP contribution is -2.31. The second-order valence-electron chi connectivity index (χ2n) is 8.97. The van der Waals surface area contributed by atoms with E-state index in [0.717, 1.165) is 30.0 Å². The molecule has 3 aliphatic rings. The Morgan fingerprint density at radius 1 is 1.26 bits per heavy atom. The summed E-state index contributed by atoms with van der Waals surface area (Å²) in [6.07, 6.45) is 6.36. The molecule has 5 heterocycles. The largest absolute Gasteiger partial charge is 0.367 e. The molecule has 6 rings (SSSR count). The van der Waals surface area contributed by atoms with Crippen LogP contribution in [-0.2, 0) is 9.59 Å². The van der Waals surface area contributed by atoms with Gasteiger partial charge in [0.2, 0.25) is 5.91 Å². The summed E-state index contributed by atoms with van der Waals surface area (Å²) in [5.41, 5.74) is 8.29. The third-order valence-corrected chi connectivity index (χ3v) is 7.33. The van der Waals surface area contributed by atoms with Gasteiger partial charge in [0.1, 0.15) is 5.82 Å². The maximum Gasteiger partial charge on any atom is 0.263 e. The average molecular weight is 478 g/mol. The first kappa shape index (κ1) is 21.0. The molecule has 0 aromatic carbocycles. The van der Waals surface area contributed by atoms with Crippen LogP contribution in [0.2, 0.25) is 0 Å². The summed E-state index contributed by atoms with van der Waals surface area (Å²) in [5.74, 6) is 0.0891. The van der Waals surface area contributed by atoms with Gasteiger partial charge in [-0.3, -0.25) is 19.7 Å². The number of hydrogen-bond acceptors (Lipinski definition) is 8. The van der Waals surface area contributed by atoms with Gasteiger partial charge in [0.15, 0.2) is 5.65 Å². The SMILES string of the molecule is N[C@H]1CCN(C(=O)c2ccc(-c3cc(NC4CC4)n4ncc(/C=C5\CC(=O)NC5=O)c4n3)s2)C1. The Morgan fingerprint density at radius 2 is 2.12 bits per heavy atom. The smallest absolute Gasteiger partial charge is 0.263 e. The van der Waals surface area contributed by atoms with Gasteiger partial charge in [-0.1, -0.05) is 0 Å². The highest BCUT2D eigenvalue weighted by atomic mass is 32.1. The van der Waals surface area contributed by atoms with E-state index in [-0.39, 0.29) is 30.2 Å². The second kappa shape index (κ2) is 8.03. The van der Waals surface area contributed by atoms with Crippen LogP contribution in [0.15, 0.2) is 30.0 Å². The Hall–Kier alpha value is -3.57. The molecular formula is C23H23N7O3S. The number of carbonyl (C=O) groups is 3. The zero-order chi connectivity index (χ0) is 23.4. The number of aromatic nitrogens is 3. The van der Waals surface area contributed by atoms with Crippen LogP contribution < -0.4 is 16.4 Å². The fourth-order valence-corrected chi connectivity index (χ4v) is 5.21. The van der Waals surface area contributed by atoms with Crippen molar-refractivity contribution in [1.29, 1.82) is 0 Å².